The van der Waals surface area contributed by atoms with Crippen molar-refractivity contribution in [3.05, 3.63) is 0 Å². The first-order valence-electron chi connectivity index (χ1n) is 6.45. The minimum absolute atomic E-state index is 0.119. The largest absolute Gasteiger partial charge is 0.381 e. The number of nitrogens with one attached hydrogen (secondary N) is 1. The number of nitrogens with zero attached hydrogens (tertiary/aromatic N) is 1. The van der Waals surface area contributed by atoms with E-state index >= 15 is 0 Å². The van der Waals surface area contributed by atoms with Crippen LogP contribution < -0.4 is 5.32 Å². The van der Waals surface area contributed by atoms with Crippen LogP contribution in [0.1, 0.15) is 26.2 Å². The normalized spacial score (nSPS) is 30.4. The highest BCUT2D eigenvalue weighted by atomic mass is 32.2. The van der Waals surface area contributed by atoms with Crippen LogP contribution in [-0.2, 0) is 14.8 Å². The van der Waals surface area contributed by atoms with Gasteiger partial charge in [-0.2, -0.15) is 4.31 Å². The average Bonchev–Trinajstić information content (AvgIpc) is 2.53. The molecule has 2 atom stereocenters. The van der Waals surface area contributed by atoms with Gasteiger partial charge in [-0.25, -0.2) is 8.42 Å². The van der Waals surface area contributed by atoms with Crippen LogP contribution >= 0.6 is 0 Å². The third-order valence-electron chi connectivity index (χ3n) is 3.60. The van der Waals surface area contributed by atoms with Crippen molar-refractivity contribution in [2.24, 2.45) is 0 Å². The van der Waals surface area contributed by atoms with Gasteiger partial charge in [0.2, 0.25) is 10.0 Å². The van der Waals surface area contributed by atoms with Crippen LogP contribution in [0.15, 0.2) is 0 Å². The third kappa shape index (κ3) is 2.99. The molecule has 2 unspecified atom stereocenters. The smallest absolute Gasteiger partial charge is 0.216 e. The van der Waals surface area contributed by atoms with E-state index in [2.05, 4.69) is 5.32 Å². The molecule has 2 saturated heterocycles. The first kappa shape index (κ1) is 13.3. The fraction of sp³-hybridized carbons (Fsp3) is 1.00. The van der Waals surface area contributed by atoms with Crippen molar-refractivity contribution >= 4 is 10.0 Å². The van der Waals surface area contributed by atoms with Gasteiger partial charge >= 0.3 is 0 Å². The summed E-state index contributed by atoms with van der Waals surface area (Å²) in [6.07, 6.45) is 2.94. The van der Waals surface area contributed by atoms with Gasteiger partial charge in [0.15, 0.2) is 0 Å². The van der Waals surface area contributed by atoms with Crippen molar-refractivity contribution < 1.29 is 13.2 Å². The fourth-order valence-electron chi connectivity index (χ4n) is 2.81. The third-order valence-corrected chi connectivity index (χ3v) is 5.52. The van der Waals surface area contributed by atoms with E-state index in [-0.39, 0.29) is 17.8 Å². The van der Waals surface area contributed by atoms with Crippen LogP contribution in [0.3, 0.4) is 0 Å². The van der Waals surface area contributed by atoms with E-state index in [0.717, 1.165) is 32.4 Å². The molecule has 100 valence electrons. The monoisotopic (exact) mass is 262 g/mol. The molecule has 5 nitrogen and oxygen atoms in total. The Balaban J connectivity index is 2.04. The Morgan fingerprint density at radius 1 is 1.29 bits per heavy atom. The highest BCUT2D eigenvalue weighted by molar-refractivity contribution is 7.89. The molecule has 0 aromatic carbocycles. The Morgan fingerprint density at radius 3 is 2.82 bits per heavy atom. The topological polar surface area (TPSA) is 58.6 Å². The van der Waals surface area contributed by atoms with Crippen molar-refractivity contribution in [2.75, 3.05) is 32.1 Å². The molecule has 0 amide bonds. The number of hydrogen-bond donors (Lipinski definition) is 1. The molecule has 0 aromatic heterocycles. The predicted octanol–water partition coefficient (Wildman–Crippen LogP) is 0.179. The lowest BCUT2D eigenvalue weighted by atomic mass is 10.1. The molecule has 2 heterocycles. The molecule has 0 aliphatic carbocycles. The maximum Gasteiger partial charge on any atom is 0.216 e. The number of rotatable bonds is 5. The van der Waals surface area contributed by atoms with E-state index in [0.29, 0.717) is 13.2 Å². The van der Waals surface area contributed by atoms with Crippen LogP contribution in [-0.4, -0.2) is 56.9 Å². The molecule has 17 heavy (non-hydrogen) atoms. The molecular weight excluding hydrogens is 240 g/mol. The molecule has 2 bridgehead atoms. The molecule has 0 spiro atoms. The summed E-state index contributed by atoms with van der Waals surface area (Å²) >= 11 is 0. The highest BCUT2D eigenvalue weighted by Crippen LogP contribution is 2.30. The molecule has 1 N–H and O–H groups in total. The number of sulfonamides is 1. The van der Waals surface area contributed by atoms with Crippen LogP contribution in [0.5, 0.6) is 0 Å². The number of ether oxygens (including phenoxy) is 1. The van der Waals surface area contributed by atoms with E-state index < -0.39 is 10.0 Å². The van der Waals surface area contributed by atoms with Crippen LogP contribution in [0.4, 0.5) is 0 Å². The summed E-state index contributed by atoms with van der Waals surface area (Å²) in [5, 5.41) is 3.31. The lowest BCUT2D eigenvalue weighted by Crippen LogP contribution is -2.44. The summed E-state index contributed by atoms with van der Waals surface area (Å²) in [6.45, 7) is 4.49. The minimum Gasteiger partial charge on any atom is -0.381 e. The zero-order valence-electron chi connectivity index (χ0n) is 10.4. The second-order valence-corrected chi connectivity index (χ2v) is 6.71. The summed E-state index contributed by atoms with van der Waals surface area (Å²) in [4.78, 5) is 0. The molecular formula is C11H22N2O3S. The van der Waals surface area contributed by atoms with Crippen molar-refractivity contribution in [2.45, 2.75) is 38.3 Å². The maximum atomic E-state index is 12.3. The van der Waals surface area contributed by atoms with E-state index in [4.69, 9.17) is 4.74 Å². The van der Waals surface area contributed by atoms with Gasteiger partial charge in [0.05, 0.1) is 12.4 Å². The van der Waals surface area contributed by atoms with E-state index in [1.807, 2.05) is 6.92 Å². The Kier molecular flexibility index (Phi) is 4.41. The maximum absolute atomic E-state index is 12.3. The average molecular weight is 262 g/mol. The second-order valence-electron chi connectivity index (χ2n) is 4.72. The van der Waals surface area contributed by atoms with Gasteiger partial charge in [-0.3, -0.25) is 0 Å². The van der Waals surface area contributed by atoms with Gasteiger partial charge in [0.1, 0.15) is 0 Å². The summed E-state index contributed by atoms with van der Waals surface area (Å²) in [5.74, 6) is 0.119. The molecule has 6 heteroatoms. The molecule has 0 saturated carbocycles. The summed E-state index contributed by atoms with van der Waals surface area (Å²) < 4.78 is 31.5. The minimum atomic E-state index is -3.15. The van der Waals surface area contributed by atoms with Gasteiger partial charge in [0.25, 0.3) is 0 Å². The first-order valence-corrected chi connectivity index (χ1v) is 8.05. The van der Waals surface area contributed by atoms with E-state index in [1.54, 1.807) is 4.31 Å². The van der Waals surface area contributed by atoms with Crippen molar-refractivity contribution in [1.29, 1.82) is 0 Å². The van der Waals surface area contributed by atoms with Crippen molar-refractivity contribution in [1.82, 2.24) is 9.62 Å². The lowest BCUT2D eigenvalue weighted by molar-refractivity contribution is 0.162. The second kappa shape index (κ2) is 5.65. The van der Waals surface area contributed by atoms with Crippen LogP contribution in [0.25, 0.3) is 0 Å². The van der Waals surface area contributed by atoms with Gasteiger partial charge in [-0.1, -0.05) is 0 Å². The predicted molar refractivity (Wildman–Crippen MR) is 66.4 cm³/mol. The Bertz CT molecular complexity index is 331. The number of fused-ring (bicyclic) bond motifs is 2. The molecule has 0 aromatic rings. The van der Waals surface area contributed by atoms with Crippen molar-refractivity contribution in [3.63, 3.8) is 0 Å². The quantitative estimate of drug-likeness (QED) is 0.718. The molecule has 2 aliphatic rings. The summed E-state index contributed by atoms with van der Waals surface area (Å²) in [7, 11) is -3.15. The van der Waals surface area contributed by atoms with Gasteiger partial charge < -0.3 is 10.1 Å². The van der Waals surface area contributed by atoms with Gasteiger partial charge in [-0.15, -0.1) is 0 Å². The Morgan fingerprint density at radius 2 is 2.06 bits per heavy atom. The lowest BCUT2D eigenvalue weighted by Gasteiger charge is -2.26. The fourth-order valence-corrected chi connectivity index (χ4v) is 4.65. The molecule has 2 rings (SSSR count). The highest BCUT2D eigenvalue weighted by Gasteiger charge is 2.41. The SMILES string of the molecule is CCOCCS(=O)(=O)N1C2CCNCC1CC2. The summed E-state index contributed by atoms with van der Waals surface area (Å²) in [6, 6.07) is 0.371. The number of hydrogen-bond acceptors (Lipinski definition) is 4. The zero-order valence-corrected chi connectivity index (χ0v) is 11.2. The van der Waals surface area contributed by atoms with Gasteiger partial charge in [0, 0.05) is 25.2 Å². The Labute approximate surface area is 104 Å². The van der Waals surface area contributed by atoms with Crippen molar-refractivity contribution in [3.8, 4) is 0 Å². The van der Waals surface area contributed by atoms with Crippen LogP contribution in [0, 0.1) is 0 Å². The molecule has 0 radical (unpaired) electrons. The summed E-state index contributed by atoms with van der Waals surface area (Å²) in [5.41, 5.74) is 0. The zero-order chi connectivity index (χ0) is 12.3. The molecule has 2 fully saturated rings. The van der Waals surface area contributed by atoms with Crippen LogP contribution in [0.2, 0.25) is 0 Å². The Hall–Kier alpha value is -0.170. The standard InChI is InChI=1S/C11H22N2O3S/c1-2-16-7-8-17(14,15)13-10-3-4-11(13)9-12-6-5-10/h10-12H,2-9H2,1H3. The molecule has 2 aliphatic heterocycles. The first-order chi connectivity index (χ1) is 8.15. The van der Waals surface area contributed by atoms with Gasteiger partial charge in [-0.05, 0) is 32.7 Å². The van der Waals surface area contributed by atoms with E-state index in [9.17, 15) is 8.42 Å². The van der Waals surface area contributed by atoms with E-state index in [1.165, 1.54) is 0 Å².